The Hall–Kier alpha value is -2.40. The first-order valence-electron chi connectivity index (χ1n) is 6.11. The van der Waals surface area contributed by atoms with Crippen LogP contribution in [0.25, 0.3) is 11.6 Å². The van der Waals surface area contributed by atoms with E-state index in [-0.39, 0.29) is 16.5 Å². The Labute approximate surface area is 125 Å². The van der Waals surface area contributed by atoms with Crippen LogP contribution in [0.2, 0.25) is 5.02 Å². The van der Waals surface area contributed by atoms with Crippen molar-refractivity contribution in [3.8, 4) is 5.88 Å². The van der Waals surface area contributed by atoms with Crippen molar-refractivity contribution in [1.82, 2.24) is 4.98 Å². The standard InChI is InChI=1S/C15H10ClFN2O2/c1-21-13-6-12-10(7-18-13)9(15(20)19-12)5-8-3-2-4-11(16)14(8)17/h2-7H,1H3,(H,19,20)/b9-5+. The van der Waals surface area contributed by atoms with Gasteiger partial charge in [0, 0.05) is 23.4 Å². The molecule has 1 aromatic heterocycles. The topological polar surface area (TPSA) is 51.2 Å². The van der Waals surface area contributed by atoms with Crippen molar-refractivity contribution in [2.24, 2.45) is 0 Å². The molecular weight excluding hydrogens is 295 g/mol. The number of methoxy groups -OCH3 is 1. The van der Waals surface area contributed by atoms with Crippen molar-refractivity contribution in [2.75, 3.05) is 12.4 Å². The maximum absolute atomic E-state index is 13.9. The molecular formula is C15H10ClFN2O2. The van der Waals surface area contributed by atoms with Gasteiger partial charge in [-0.1, -0.05) is 23.7 Å². The molecule has 1 N–H and O–H groups in total. The third-order valence-corrected chi connectivity index (χ3v) is 3.44. The zero-order chi connectivity index (χ0) is 15.0. The van der Waals surface area contributed by atoms with E-state index < -0.39 is 5.82 Å². The number of carbonyl (C=O) groups excluding carboxylic acids is 1. The third-order valence-electron chi connectivity index (χ3n) is 3.15. The van der Waals surface area contributed by atoms with Crippen molar-refractivity contribution < 1.29 is 13.9 Å². The fraction of sp³-hybridized carbons (Fsp3) is 0.0667. The molecule has 0 bridgehead atoms. The predicted octanol–water partition coefficient (Wildman–Crippen LogP) is 3.38. The fourth-order valence-electron chi connectivity index (χ4n) is 2.11. The van der Waals surface area contributed by atoms with Gasteiger partial charge in [-0.25, -0.2) is 9.37 Å². The third kappa shape index (κ3) is 2.36. The van der Waals surface area contributed by atoms with E-state index in [0.717, 1.165) is 0 Å². The first-order valence-corrected chi connectivity index (χ1v) is 6.49. The van der Waals surface area contributed by atoms with E-state index in [1.54, 1.807) is 18.2 Å². The number of pyridine rings is 1. The van der Waals surface area contributed by atoms with E-state index in [2.05, 4.69) is 10.3 Å². The maximum Gasteiger partial charge on any atom is 0.256 e. The Morgan fingerprint density at radius 1 is 1.43 bits per heavy atom. The summed E-state index contributed by atoms with van der Waals surface area (Å²) in [5, 5.41) is 2.70. The number of benzene rings is 1. The molecule has 0 radical (unpaired) electrons. The number of amides is 1. The Morgan fingerprint density at radius 2 is 2.24 bits per heavy atom. The molecule has 1 aliphatic rings. The predicted molar refractivity (Wildman–Crippen MR) is 78.7 cm³/mol. The Balaban J connectivity index is 2.10. The van der Waals surface area contributed by atoms with Gasteiger partial charge in [-0.2, -0.15) is 0 Å². The second-order valence-electron chi connectivity index (χ2n) is 4.43. The second kappa shape index (κ2) is 5.18. The molecule has 6 heteroatoms. The summed E-state index contributed by atoms with van der Waals surface area (Å²) in [4.78, 5) is 16.1. The minimum absolute atomic E-state index is 0.0100. The van der Waals surface area contributed by atoms with Gasteiger partial charge in [-0.15, -0.1) is 0 Å². The van der Waals surface area contributed by atoms with E-state index in [0.29, 0.717) is 22.7 Å². The van der Waals surface area contributed by atoms with Gasteiger partial charge in [-0.05, 0) is 12.1 Å². The summed E-state index contributed by atoms with van der Waals surface area (Å²) in [6, 6.07) is 6.24. The van der Waals surface area contributed by atoms with Crippen LogP contribution in [0.4, 0.5) is 10.1 Å². The number of anilines is 1. The van der Waals surface area contributed by atoms with Crippen LogP contribution in [0.3, 0.4) is 0 Å². The van der Waals surface area contributed by atoms with Gasteiger partial charge in [0.25, 0.3) is 5.91 Å². The number of hydrogen-bond donors (Lipinski definition) is 1. The van der Waals surface area contributed by atoms with Gasteiger partial charge in [-0.3, -0.25) is 4.79 Å². The number of aromatic nitrogens is 1. The van der Waals surface area contributed by atoms with Crippen molar-refractivity contribution >= 4 is 34.8 Å². The van der Waals surface area contributed by atoms with Crippen molar-refractivity contribution in [1.29, 1.82) is 0 Å². The molecule has 1 aromatic carbocycles. The molecule has 0 saturated carbocycles. The van der Waals surface area contributed by atoms with Crippen LogP contribution in [0, 0.1) is 5.82 Å². The molecule has 1 aliphatic heterocycles. The van der Waals surface area contributed by atoms with Gasteiger partial charge >= 0.3 is 0 Å². The smallest absolute Gasteiger partial charge is 0.256 e. The highest BCUT2D eigenvalue weighted by atomic mass is 35.5. The molecule has 1 amide bonds. The SMILES string of the molecule is COc1cc2c(cn1)/C(=C\c1cccc(Cl)c1F)C(=O)N2. The molecule has 0 spiro atoms. The number of carbonyl (C=O) groups is 1. The highest BCUT2D eigenvalue weighted by Gasteiger charge is 2.25. The summed E-state index contributed by atoms with van der Waals surface area (Å²) >= 11 is 5.74. The highest BCUT2D eigenvalue weighted by molar-refractivity contribution is 6.35. The average molecular weight is 305 g/mol. The molecule has 2 heterocycles. The quantitative estimate of drug-likeness (QED) is 0.865. The lowest BCUT2D eigenvalue weighted by Gasteiger charge is -2.02. The first-order chi connectivity index (χ1) is 10.1. The largest absolute Gasteiger partial charge is 0.481 e. The number of fused-ring (bicyclic) bond motifs is 1. The van der Waals surface area contributed by atoms with E-state index in [1.165, 1.54) is 25.4 Å². The van der Waals surface area contributed by atoms with Crippen LogP contribution in [0.15, 0.2) is 30.5 Å². The zero-order valence-electron chi connectivity index (χ0n) is 11.0. The first kappa shape index (κ1) is 13.6. The van der Waals surface area contributed by atoms with E-state index in [4.69, 9.17) is 16.3 Å². The van der Waals surface area contributed by atoms with Crippen LogP contribution in [-0.2, 0) is 4.79 Å². The Bertz CT molecular complexity index is 774. The lowest BCUT2D eigenvalue weighted by molar-refractivity contribution is -0.110. The summed E-state index contributed by atoms with van der Waals surface area (Å²) in [5.41, 5.74) is 1.76. The van der Waals surface area contributed by atoms with E-state index >= 15 is 0 Å². The molecule has 0 fully saturated rings. The Morgan fingerprint density at radius 3 is 3.00 bits per heavy atom. The van der Waals surface area contributed by atoms with Gasteiger partial charge in [0.05, 0.1) is 23.4 Å². The highest BCUT2D eigenvalue weighted by Crippen LogP contribution is 2.35. The maximum atomic E-state index is 13.9. The monoisotopic (exact) mass is 304 g/mol. The molecule has 21 heavy (non-hydrogen) atoms. The molecule has 0 aliphatic carbocycles. The van der Waals surface area contributed by atoms with Crippen LogP contribution in [0.5, 0.6) is 5.88 Å². The summed E-state index contributed by atoms with van der Waals surface area (Å²) in [6.45, 7) is 0. The molecule has 3 rings (SSSR count). The summed E-state index contributed by atoms with van der Waals surface area (Å²) in [6.07, 6.45) is 2.97. The van der Waals surface area contributed by atoms with Gasteiger partial charge < -0.3 is 10.1 Å². The summed E-state index contributed by atoms with van der Waals surface area (Å²) in [7, 11) is 1.49. The lowest BCUT2D eigenvalue weighted by Crippen LogP contribution is -2.03. The number of nitrogens with zero attached hydrogens (tertiary/aromatic N) is 1. The van der Waals surface area contributed by atoms with Gasteiger partial charge in [0.15, 0.2) is 0 Å². The van der Waals surface area contributed by atoms with Crippen molar-refractivity contribution in [3.05, 3.63) is 52.4 Å². The number of ether oxygens (including phenoxy) is 1. The zero-order valence-corrected chi connectivity index (χ0v) is 11.7. The lowest BCUT2D eigenvalue weighted by atomic mass is 10.1. The molecule has 2 aromatic rings. The van der Waals surface area contributed by atoms with Crippen molar-refractivity contribution in [2.45, 2.75) is 0 Å². The van der Waals surface area contributed by atoms with Crippen LogP contribution in [0.1, 0.15) is 11.1 Å². The van der Waals surface area contributed by atoms with Gasteiger partial charge in [0.1, 0.15) is 5.82 Å². The molecule has 0 unspecified atom stereocenters. The minimum Gasteiger partial charge on any atom is -0.481 e. The molecule has 0 saturated heterocycles. The van der Waals surface area contributed by atoms with E-state index in [1.807, 2.05) is 0 Å². The van der Waals surface area contributed by atoms with Crippen LogP contribution >= 0.6 is 11.6 Å². The molecule has 106 valence electrons. The fourth-order valence-corrected chi connectivity index (χ4v) is 2.29. The number of rotatable bonds is 2. The normalized spacial score (nSPS) is 15.0. The minimum atomic E-state index is -0.561. The van der Waals surface area contributed by atoms with Crippen molar-refractivity contribution in [3.63, 3.8) is 0 Å². The van der Waals surface area contributed by atoms with Crippen LogP contribution < -0.4 is 10.1 Å². The number of nitrogens with one attached hydrogen (secondary N) is 1. The number of hydrogen-bond acceptors (Lipinski definition) is 3. The molecule has 4 nitrogen and oxygen atoms in total. The van der Waals surface area contributed by atoms with Crippen LogP contribution in [-0.4, -0.2) is 18.0 Å². The Kier molecular flexibility index (Phi) is 3.35. The second-order valence-corrected chi connectivity index (χ2v) is 4.83. The number of halogens is 2. The summed E-state index contributed by atoms with van der Waals surface area (Å²) < 4.78 is 18.9. The van der Waals surface area contributed by atoms with E-state index in [9.17, 15) is 9.18 Å². The summed E-state index contributed by atoms with van der Waals surface area (Å²) in [5.74, 6) is -0.488. The molecule has 0 atom stereocenters. The average Bonchev–Trinajstić information content (AvgIpc) is 2.79. The van der Waals surface area contributed by atoms with Gasteiger partial charge in [0.2, 0.25) is 5.88 Å².